The quantitative estimate of drug-likeness (QED) is 0.817. The second-order valence-corrected chi connectivity index (χ2v) is 7.14. The van der Waals surface area contributed by atoms with Crippen molar-refractivity contribution < 1.29 is 4.79 Å². The summed E-state index contributed by atoms with van der Waals surface area (Å²) in [5.41, 5.74) is 0.815. The highest BCUT2D eigenvalue weighted by Crippen LogP contribution is 2.50. The number of Topliss-reactive ketones (excluding diaryl/α,β-unsaturated/α-hetero) is 1. The predicted octanol–water partition coefficient (Wildman–Crippen LogP) is 4.45. The minimum Gasteiger partial charge on any atom is -0.298 e. The first-order valence-corrected chi connectivity index (χ1v) is 8.14. The summed E-state index contributed by atoms with van der Waals surface area (Å²) in [5.74, 6) is 1.62. The Bertz CT molecular complexity index is 562. The summed E-state index contributed by atoms with van der Waals surface area (Å²) in [6, 6.07) is 9.75. The largest absolute Gasteiger partial charge is 0.298 e. The second kappa shape index (κ2) is 5.69. The fraction of sp³-hybridized carbons (Fsp3) is 0.529. The summed E-state index contributed by atoms with van der Waals surface area (Å²) in [6.45, 7) is 0. The van der Waals surface area contributed by atoms with Crippen LogP contribution in [-0.4, -0.2) is 5.78 Å². The first-order valence-electron chi connectivity index (χ1n) is 7.35. The molecule has 0 N–H and O–H groups in total. The van der Waals surface area contributed by atoms with Crippen molar-refractivity contribution in [3.8, 4) is 6.07 Å². The van der Waals surface area contributed by atoms with Gasteiger partial charge in [0.2, 0.25) is 0 Å². The molecule has 0 aromatic heterocycles. The van der Waals surface area contributed by atoms with E-state index in [1.165, 1.54) is 25.7 Å². The zero-order valence-corrected chi connectivity index (χ0v) is 13.0. The predicted molar refractivity (Wildman–Crippen MR) is 81.1 cm³/mol. The molecule has 0 saturated heterocycles. The van der Waals surface area contributed by atoms with E-state index in [0.29, 0.717) is 12.3 Å². The number of fused-ring (bicyclic) bond motifs is 2. The highest BCUT2D eigenvalue weighted by Gasteiger charge is 2.40. The van der Waals surface area contributed by atoms with Crippen molar-refractivity contribution >= 4 is 21.7 Å². The Kier molecular flexibility index (Phi) is 3.94. The Labute approximate surface area is 128 Å². The van der Waals surface area contributed by atoms with Crippen LogP contribution in [0.2, 0.25) is 0 Å². The van der Waals surface area contributed by atoms with Gasteiger partial charge in [0, 0.05) is 10.9 Å². The fourth-order valence-corrected chi connectivity index (χ4v) is 4.44. The van der Waals surface area contributed by atoms with Gasteiger partial charge in [0.05, 0.1) is 6.07 Å². The Morgan fingerprint density at radius 2 is 2.25 bits per heavy atom. The van der Waals surface area contributed by atoms with Crippen molar-refractivity contribution in [1.29, 1.82) is 5.26 Å². The van der Waals surface area contributed by atoms with Crippen molar-refractivity contribution in [3.63, 3.8) is 0 Å². The molecular formula is C17H18BrNO. The third-order valence-electron chi connectivity index (χ3n) is 4.98. The van der Waals surface area contributed by atoms with Crippen molar-refractivity contribution in [1.82, 2.24) is 0 Å². The highest BCUT2D eigenvalue weighted by atomic mass is 79.9. The third-order valence-corrected chi connectivity index (χ3v) is 5.47. The summed E-state index contributed by atoms with van der Waals surface area (Å²) in [7, 11) is 0. The highest BCUT2D eigenvalue weighted by molar-refractivity contribution is 9.10. The Balaban J connectivity index is 1.70. The molecule has 2 nitrogen and oxygen atoms in total. The average molecular weight is 332 g/mol. The third kappa shape index (κ3) is 2.67. The van der Waals surface area contributed by atoms with Crippen molar-refractivity contribution in [3.05, 3.63) is 34.3 Å². The minimum atomic E-state index is -0.605. The Hall–Kier alpha value is -1.14. The summed E-state index contributed by atoms with van der Waals surface area (Å²) < 4.78 is 0.919. The maximum atomic E-state index is 12.5. The number of hydrogen-bond acceptors (Lipinski definition) is 2. The standard InChI is InChI=1S/C17H18BrNO/c18-15-3-1-2-13(8-15)16(10-19)17(20)9-14-7-11-4-5-12(14)6-11/h1-3,8,11-12,14,16H,4-7,9H2. The molecule has 0 aliphatic heterocycles. The number of hydrogen-bond donors (Lipinski definition) is 0. The molecule has 3 rings (SSSR count). The number of halogens is 1. The van der Waals surface area contributed by atoms with Gasteiger partial charge in [0.25, 0.3) is 0 Å². The lowest BCUT2D eigenvalue weighted by atomic mass is 9.82. The van der Waals surface area contributed by atoms with Gasteiger partial charge < -0.3 is 0 Å². The maximum absolute atomic E-state index is 12.5. The molecule has 3 heteroatoms. The topological polar surface area (TPSA) is 40.9 Å². The molecule has 1 aromatic carbocycles. The lowest BCUT2D eigenvalue weighted by molar-refractivity contribution is -0.120. The van der Waals surface area contributed by atoms with Gasteiger partial charge in [0.15, 0.2) is 5.78 Å². The lowest BCUT2D eigenvalue weighted by Gasteiger charge is -2.21. The smallest absolute Gasteiger partial charge is 0.154 e. The van der Waals surface area contributed by atoms with Crippen LogP contribution < -0.4 is 0 Å². The molecule has 0 amide bonds. The normalized spacial score (nSPS) is 29.1. The van der Waals surface area contributed by atoms with E-state index in [9.17, 15) is 10.1 Å². The molecule has 4 unspecified atom stereocenters. The number of carbonyl (C=O) groups excluding carboxylic acids is 1. The van der Waals surface area contributed by atoms with Gasteiger partial charge in [-0.2, -0.15) is 5.26 Å². The zero-order chi connectivity index (χ0) is 14.1. The van der Waals surface area contributed by atoms with Crippen LogP contribution in [0.1, 0.15) is 43.6 Å². The van der Waals surface area contributed by atoms with Crippen LogP contribution in [0.15, 0.2) is 28.7 Å². The summed E-state index contributed by atoms with van der Waals surface area (Å²) >= 11 is 3.40. The van der Waals surface area contributed by atoms with Gasteiger partial charge in [-0.3, -0.25) is 4.79 Å². The van der Waals surface area contributed by atoms with Crippen LogP contribution in [0, 0.1) is 29.1 Å². The molecule has 20 heavy (non-hydrogen) atoms. The van der Waals surface area contributed by atoms with Crippen LogP contribution in [0.4, 0.5) is 0 Å². The van der Waals surface area contributed by atoms with Crippen molar-refractivity contribution in [2.45, 2.75) is 38.0 Å². The van der Waals surface area contributed by atoms with Gasteiger partial charge in [-0.15, -0.1) is 0 Å². The van der Waals surface area contributed by atoms with E-state index in [2.05, 4.69) is 22.0 Å². The van der Waals surface area contributed by atoms with E-state index in [-0.39, 0.29) is 5.78 Å². The number of nitrogens with zero attached hydrogens (tertiary/aromatic N) is 1. The second-order valence-electron chi connectivity index (χ2n) is 6.22. The molecule has 2 fully saturated rings. The number of ketones is 1. The van der Waals surface area contributed by atoms with Crippen LogP contribution in [0.3, 0.4) is 0 Å². The van der Waals surface area contributed by atoms with E-state index in [1.807, 2.05) is 24.3 Å². The first kappa shape index (κ1) is 13.8. The monoisotopic (exact) mass is 331 g/mol. The molecule has 2 aliphatic rings. The molecule has 2 saturated carbocycles. The van der Waals surface area contributed by atoms with E-state index < -0.39 is 5.92 Å². The molecule has 2 bridgehead atoms. The van der Waals surface area contributed by atoms with Crippen LogP contribution in [0.25, 0.3) is 0 Å². The zero-order valence-electron chi connectivity index (χ0n) is 11.4. The summed E-state index contributed by atoms with van der Waals surface area (Å²) in [6.07, 6.45) is 5.74. The van der Waals surface area contributed by atoms with Crippen LogP contribution in [-0.2, 0) is 4.79 Å². The molecule has 1 aromatic rings. The van der Waals surface area contributed by atoms with Gasteiger partial charge in [-0.25, -0.2) is 0 Å². The first-order chi connectivity index (χ1) is 9.67. The summed E-state index contributed by atoms with van der Waals surface area (Å²) in [5, 5.41) is 9.36. The summed E-state index contributed by atoms with van der Waals surface area (Å²) in [4.78, 5) is 12.5. The molecule has 2 aliphatic carbocycles. The SMILES string of the molecule is N#CC(C(=O)CC1CC2CCC1C2)c1cccc(Br)c1. The molecule has 104 valence electrons. The van der Waals surface area contributed by atoms with Crippen molar-refractivity contribution in [2.75, 3.05) is 0 Å². The van der Waals surface area contributed by atoms with Gasteiger partial charge in [0.1, 0.15) is 5.92 Å². The maximum Gasteiger partial charge on any atom is 0.154 e. The molecular weight excluding hydrogens is 314 g/mol. The minimum absolute atomic E-state index is 0.100. The molecule has 0 spiro atoms. The van der Waals surface area contributed by atoms with Crippen LogP contribution in [0.5, 0.6) is 0 Å². The number of carbonyl (C=O) groups is 1. The van der Waals surface area contributed by atoms with Gasteiger partial charge >= 0.3 is 0 Å². The molecule has 0 heterocycles. The number of nitriles is 1. The molecule has 4 atom stereocenters. The van der Waals surface area contributed by atoms with E-state index in [1.54, 1.807) is 0 Å². The number of benzene rings is 1. The Morgan fingerprint density at radius 3 is 2.85 bits per heavy atom. The van der Waals surface area contributed by atoms with Crippen molar-refractivity contribution in [2.24, 2.45) is 17.8 Å². The van der Waals surface area contributed by atoms with E-state index >= 15 is 0 Å². The fourth-order valence-electron chi connectivity index (χ4n) is 4.02. The van der Waals surface area contributed by atoms with E-state index in [0.717, 1.165) is 21.9 Å². The lowest BCUT2D eigenvalue weighted by Crippen LogP contribution is -2.19. The van der Waals surface area contributed by atoms with Gasteiger partial charge in [-0.05, 0) is 54.7 Å². The molecule has 0 radical (unpaired) electrons. The number of rotatable bonds is 4. The van der Waals surface area contributed by atoms with Gasteiger partial charge in [-0.1, -0.05) is 34.5 Å². The van der Waals surface area contributed by atoms with E-state index in [4.69, 9.17) is 0 Å². The Morgan fingerprint density at radius 1 is 1.40 bits per heavy atom. The average Bonchev–Trinajstić information content (AvgIpc) is 3.02. The van der Waals surface area contributed by atoms with Crippen LogP contribution >= 0.6 is 15.9 Å².